The molecule has 0 N–H and O–H groups in total. The van der Waals surface area contributed by atoms with Gasteiger partial charge in [0, 0.05) is 19.0 Å². The minimum Gasteiger partial charge on any atom is -0.381 e. The van der Waals surface area contributed by atoms with Crippen molar-refractivity contribution in [2.24, 2.45) is 0 Å². The van der Waals surface area contributed by atoms with Crippen LogP contribution in [-0.2, 0) is 11.2 Å². The van der Waals surface area contributed by atoms with Crippen molar-refractivity contribution in [1.29, 1.82) is 0 Å². The van der Waals surface area contributed by atoms with Crippen LogP contribution in [0, 0.1) is 0 Å². The number of nitrogens with zero attached hydrogens (tertiary/aromatic N) is 2. The average Bonchev–Trinajstić information content (AvgIpc) is 2.48. The van der Waals surface area contributed by atoms with E-state index in [1.165, 1.54) is 11.1 Å². The van der Waals surface area contributed by atoms with Gasteiger partial charge in [0.15, 0.2) is 0 Å². The summed E-state index contributed by atoms with van der Waals surface area (Å²) in [5, 5.41) is 0. The molecular formula is C16H18N2O. The summed E-state index contributed by atoms with van der Waals surface area (Å²) in [6.45, 7) is 3.53. The maximum absolute atomic E-state index is 5.41. The highest BCUT2D eigenvalue weighted by Gasteiger charge is 1.98. The molecule has 3 heteroatoms. The lowest BCUT2D eigenvalue weighted by molar-refractivity contribution is 0.151. The van der Waals surface area contributed by atoms with E-state index in [0.29, 0.717) is 0 Å². The summed E-state index contributed by atoms with van der Waals surface area (Å²) in [6.07, 6.45) is 10.1. The Morgan fingerprint density at radius 3 is 2.84 bits per heavy atom. The van der Waals surface area contributed by atoms with Crippen molar-refractivity contribution < 1.29 is 4.74 Å². The van der Waals surface area contributed by atoms with Gasteiger partial charge in [-0.1, -0.05) is 30.3 Å². The second-order valence-corrected chi connectivity index (χ2v) is 4.11. The normalized spacial score (nSPS) is 11.0. The highest BCUT2D eigenvalue weighted by atomic mass is 16.5. The van der Waals surface area contributed by atoms with E-state index in [0.717, 1.165) is 25.3 Å². The number of rotatable bonds is 6. The molecule has 3 nitrogen and oxygen atoms in total. The van der Waals surface area contributed by atoms with E-state index >= 15 is 0 Å². The molecule has 0 fully saturated rings. The third kappa shape index (κ3) is 4.30. The van der Waals surface area contributed by atoms with E-state index in [4.69, 9.17) is 4.74 Å². The molecule has 0 radical (unpaired) electrons. The first kappa shape index (κ1) is 13.4. The molecule has 0 aliphatic carbocycles. The summed E-state index contributed by atoms with van der Waals surface area (Å²) in [7, 11) is 0. The maximum Gasteiger partial charge on any atom is 0.0813 e. The monoisotopic (exact) mass is 254 g/mol. The van der Waals surface area contributed by atoms with Crippen molar-refractivity contribution in [2.75, 3.05) is 13.2 Å². The molecule has 0 atom stereocenters. The summed E-state index contributed by atoms with van der Waals surface area (Å²) >= 11 is 0. The van der Waals surface area contributed by atoms with Gasteiger partial charge in [-0.25, -0.2) is 0 Å². The van der Waals surface area contributed by atoms with Gasteiger partial charge in [0.25, 0.3) is 0 Å². The van der Waals surface area contributed by atoms with Crippen molar-refractivity contribution in [3.8, 4) is 0 Å². The lowest BCUT2D eigenvalue weighted by atomic mass is 10.0. The highest BCUT2D eigenvalue weighted by Crippen LogP contribution is 2.13. The van der Waals surface area contributed by atoms with Gasteiger partial charge in [-0.3, -0.25) is 9.97 Å². The summed E-state index contributed by atoms with van der Waals surface area (Å²) in [5.41, 5.74) is 3.35. The fraction of sp³-hybridized carbons (Fsp3) is 0.250. The van der Waals surface area contributed by atoms with Crippen molar-refractivity contribution in [3.05, 3.63) is 59.7 Å². The van der Waals surface area contributed by atoms with E-state index in [-0.39, 0.29) is 0 Å². The Kier molecular flexibility index (Phi) is 5.26. The van der Waals surface area contributed by atoms with E-state index in [1.807, 2.05) is 19.1 Å². The van der Waals surface area contributed by atoms with Crippen LogP contribution in [0.2, 0.25) is 0 Å². The smallest absolute Gasteiger partial charge is 0.0813 e. The molecule has 0 aliphatic rings. The van der Waals surface area contributed by atoms with Crippen molar-refractivity contribution in [2.45, 2.75) is 13.3 Å². The molecule has 0 amide bonds. The van der Waals surface area contributed by atoms with Crippen LogP contribution in [0.1, 0.15) is 23.7 Å². The lowest BCUT2D eigenvalue weighted by Crippen LogP contribution is -1.99. The van der Waals surface area contributed by atoms with Crippen molar-refractivity contribution in [3.63, 3.8) is 0 Å². The first-order chi connectivity index (χ1) is 9.40. The lowest BCUT2D eigenvalue weighted by Gasteiger charge is -2.05. The number of aromatic nitrogens is 2. The van der Waals surface area contributed by atoms with Gasteiger partial charge in [0.2, 0.25) is 0 Å². The van der Waals surface area contributed by atoms with Gasteiger partial charge in [-0.15, -0.1) is 0 Å². The molecule has 0 aliphatic heterocycles. The number of ether oxygens (including phenoxy) is 1. The van der Waals surface area contributed by atoms with Gasteiger partial charge < -0.3 is 4.74 Å². The van der Waals surface area contributed by atoms with Gasteiger partial charge in [-0.2, -0.15) is 0 Å². The van der Waals surface area contributed by atoms with Crippen LogP contribution in [0.15, 0.2) is 42.9 Å². The van der Waals surface area contributed by atoms with Gasteiger partial charge in [0.1, 0.15) is 0 Å². The van der Waals surface area contributed by atoms with Gasteiger partial charge in [-0.05, 0) is 30.5 Å². The van der Waals surface area contributed by atoms with Crippen LogP contribution >= 0.6 is 0 Å². The Bertz CT molecular complexity index is 523. The molecule has 1 aromatic heterocycles. The van der Waals surface area contributed by atoms with Crippen LogP contribution in [0.3, 0.4) is 0 Å². The average molecular weight is 254 g/mol. The Hall–Kier alpha value is -2.00. The molecule has 2 rings (SSSR count). The number of benzene rings is 1. The molecule has 0 unspecified atom stereocenters. The van der Waals surface area contributed by atoms with Gasteiger partial charge >= 0.3 is 0 Å². The Labute approximate surface area is 114 Å². The van der Waals surface area contributed by atoms with Crippen LogP contribution in [0.5, 0.6) is 0 Å². The van der Waals surface area contributed by atoms with Crippen molar-refractivity contribution >= 4 is 12.2 Å². The molecule has 19 heavy (non-hydrogen) atoms. The molecular weight excluding hydrogens is 236 g/mol. The van der Waals surface area contributed by atoms with Crippen LogP contribution < -0.4 is 0 Å². The first-order valence-corrected chi connectivity index (χ1v) is 6.50. The summed E-state index contributed by atoms with van der Waals surface area (Å²) in [6, 6.07) is 8.34. The third-order valence-electron chi connectivity index (χ3n) is 2.79. The van der Waals surface area contributed by atoms with Gasteiger partial charge in [0.05, 0.1) is 18.5 Å². The van der Waals surface area contributed by atoms with Crippen LogP contribution in [0.25, 0.3) is 12.2 Å². The topological polar surface area (TPSA) is 35.0 Å². The molecule has 2 aromatic rings. The summed E-state index contributed by atoms with van der Waals surface area (Å²) < 4.78 is 5.41. The van der Waals surface area contributed by atoms with E-state index in [9.17, 15) is 0 Å². The SMILES string of the molecule is CCOCCc1ccccc1C=Cc1cnccn1. The molecule has 1 heterocycles. The second-order valence-electron chi connectivity index (χ2n) is 4.11. The Morgan fingerprint density at radius 2 is 2.05 bits per heavy atom. The third-order valence-corrected chi connectivity index (χ3v) is 2.79. The molecule has 0 spiro atoms. The van der Waals surface area contributed by atoms with E-state index in [2.05, 4.69) is 34.2 Å². The fourth-order valence-corrected chi connectivity index (χ4v) is 1.82. The standard InChI is InChI=1S/C16H18N2O/c1-2-19-12-9-15-6-4-3-5-14(15)7-8-16-13-17-10-11-18-16/h3-8,10-11,13H,2,9,12H2,1H3. The minimum absolute atomic E-state index is 0.756. The van der Waals surface area contributed by atoms with Crippen LogP contribution in [0.4, 0.5) is 0 Å². The van der Waals surface area contributed by atoms with E-state index < -0.39 is 0 Å². The largest absolute Gasteiger partial charge is 0.381 e. The Morgan fingerprint density at radius 1 is 1.16 bits per heavy atom. The Balaban J connectivity index is 2.09. The van der Waals surface area contributed by atoms with E-state index in [1.54, 1.807) is 18.6 Å². The van der Waals surface area contributed by atoms with Crippen molar-refractivity contribution in [1.82, 2.24) is 9.97 Å². The zero-order valence-corrected chi connectivity index (χ0v) is 11.1. The zero-order valence-electron chi connectivity index (χ0n) is 11.1. The minimum atomic E-state index is 0.756. The first-order valence-electron chi connectivity index (χ1n) is 6.50. The number of hydrogen-bond donors (Lipinski definition) is 0. The van der Waals surface area contributed by atoms with Crippen LogP contribution in [-0.4, -0.2) is 23.2 Å². The molecule has 0 bridgehead atoms. The number of hydrogen-bond acceptors (Lipinski definition) is 3. The quantitative estimate of drug-likeness (QED) is 0.742. The summed E-state index contributed by atoms with van der Waals surface area (Å²) in [4.78, 5) is 8.27. The predicted octanol–water partition coefficient (Wildman–Crippen LogP) is 3.23. The predicted molar refractivity (Wildman–Crippen MR) is 77.6 cm³/mol. The molecule has 0 saturated heterocycles. The second kappa shape index (κ2) is 7.44. The summed E-state index contributed by atoms with van der Waals surface area (Å²) in [5.74, 6) is 0. The molecule has 98 valence electrons. The highest BCUT2D eigenvalue weighted by molar-refractivity contribution is 5.69. The molecule has 1 aromatic carbocycles. The molecule has 0 saturated carbocycles. The maximum atomic E-state index is 5.41. The fourth-order valence-electron chi connectivity index (χ4n) is 1.82. The zero-order chi connectivity index (χ0) is 13.3.